The maximum atomic E-state index is 11.9. The maximum Gasteiger partial charge on any atom is 0.252 e. The molecule has 0 aliphatic carbocycles. The summed E-state index contributed by atoms with van der Waals surface area (Å²) in [7, 11) is 0. The summed E-state index contributed by atoms with van der Waals surface area (Å²) < 4.78 is 4.83. The monoisotopic (exact) mass is 295 g/mol. The number of nitrogens with one attached hydrogen (secondary N) is 2. The van der Waals surface area contributed by atoms with Gasteiger partial charge in [-0.3, -0.25) is 4.79 Å². The Morgan fingerprint density at radius 2 is 2.30 bits per heavy atom. The van der Waals surface area contributed by atoms with E-state index >= 15 is 0 Å². The summed E-state index contributed by atoms with van der Waals surface area (Å²) in [6.45, 7) is 3.05. The maximum absolute atomic E-state index is 11.9. The number of rotatable bonds is 6. The molecule has 0 saturated carbocycles. The van der Waals surface area contributed by atoms with Crippen molar-refractivity contribution in [1.29, 1.82) is 0 Å². The third-order valence-corrected chi connectivity index (χ3v) is 2.77. The number of aromatic nitrogens is 3. The molecule has 2 heterocycles. The third-order valence-electron chi connectivity index (χ3n) is 2.48. The van der Waals surface area contributed by atoms with Gasteiger partial charge in [-0.25, -0.2) is 4.98 Å². The Kier molecular flexibility index (Phi) is 4.89. The summed E-state index contributed by atoms with van der Waals surface area (Å²) in [6.07, 6.45) is 3.27. The molecule has 2 N–H and O–H groups in total. The van der Waals surface area contributed by atoms with Crippen LogP contribution in [-0.2, 0) is 6.42 Å². The fourth-order valence-corrected chi connectivity index (χ4v) is 1.78. The van der Waals surface area contributed by atoms with E-state index in [1.54, 1.807) is 6.07 Å². The number of carbonyl (C=O) groups is 1. The molecule has 1 amide bonds. The van der Waals surface area contributed by atoms with Crippen LogP contribution in [-0.4, -0.2) is 34.1 Å². The Morgan fingerprint density at radius 1 is 1.45 bits per heavy atom. The van der Waals surface area contributed by atoms with E-state index < -0.39 is 0 Å². The molecule has 0 aliphatic heterocycles. The zero-order valence-corrected chi connectivity index (χ0v) is 11.6. The van der Waals surface area contributed by atoms with E-state index in [2.05, 4.69) is 25.8 Å². The number of carbonyl (C=O) groups excluding carboxylic acids is 1. The van der Waals surface area contributed by atoms with Crippen molar-refractivity contribution in [2.75, 3.05) is 18.4 Å². The summed E-state index contributed by atoms with van der Waals surface area (Å²) in [5.74, 6) is 0.794. The molecule has 106 valence electrons. The van der Waals surface area contributed by atoms with Crippen molar-refractivity contribution >= 4 is 23.3 Å². The molecule has 2 aromatic rings. The third kappa shape index (κ3) is 3.67. The van der Waals surface area contributed by atoms with E-state index in [0.717, 1.165) is 0 Å². The minimum atomic E-state index is -0.248. The van der Waals surface area contributed by atoms with Crippen LogP contribution < -0.4 is 10.6 Å². The Bertz CT molecular complexity index is 573. The summed E-state index contributed by atoms with van der Waals surface area (Å²) in [4.78, 5) is 19.9. The first kappa shape index (κ1) is 14.3. The second kappa shape index (κ2) is 6.85. The molecule has 8 heteroatoms. The van der Waals surface area contributed by atoms with Gasteiger partial charge in [-0.1, -0.05) is 16.8 Å². The molecule has 0 fully saturated rings. The number of pyridine rings is 1. The van der Waals surface area contributed by atoms with E-state index in [1.807, 2.05) is 6.92 Å². The largest absolute Gasteiger partial charge is 0.369 e. The molecule has 2 aromatic heterocycles. The van der Waals surface area contributed by atoms with Gasteiger partial charge >= 0.3 is 0 Å². The molecule has 0 bridgehead atoms. The van der Waals surface area contributed by atoms with E-state index in [1.165, 1.54) is 12.5 Å². The van der Waals surface area contributed by atoms with E-state index in [0.29, 0.717) is 41.8 Å². The van der Waals surface area contributed by atoms with Crippen LogP contribution in [0.5, 0.6) is 0 Å². The van der Waals surface area contributed by atoms with Gasteiger partial charge in [0.1, 0.15) is 5.82 Å². The molecule has 0 saturated heterocycles. The van der Waals surface area contributed by atoms with Gasteiger partial charge in [0, 0.05) is 25.7 Å². The summed E-state index contributed by atoms with van der Waals surface area (Å²) in [6, 6.07) is 1.58. The fourth-order valence-electron chi connectivity index (χ4n) is 1.55. The van der Waals surface area contributed by atoms with Gasteiger partial charge in [0.2, 0.25) is 5.89 Å². The van der Waals surface area contributed by atoms with Crippen molar-refractivity contribution in [1.82, 2.24) is 20.4 Å². The molecule has 0 radical (unpaired) electrons. The van der Waals surface area contributed by atoms with Crippen LogP contribution in [0.25, 0.3) is 0 Å². The number of anilines is 1. The van der Waals surface area contributed by atoms with Crippen molar-refractivity contribution < 1.29 is 9.32 Å². The molecular formula is C12H14ClN5O2. The van der Waals surface area contributed by atoms with Crippen molar-refractivity contribution in [3.63, 3.8) is 0 Å². The van der Waals surface area contributed by atoms with Gasteiger partial charge in [-0.15, -0.1) is 0 Å². The summed E-state index contributed by atoms with van der Waals surface area (Å²) >= 11 is 6.03. The van der Waals surface area contributed by atoms with Crippen LogP contribution in [0.1, 0.15) is 23.2 Å². The average molecular weight is 296 g/mol. The average Bonchev–Trinajstić information content (AvgIpc) is 2.94. The molecule has 0 unspecified atom stereocenters. The Hall–Kier alpha value is -2.15. The van der Waals surface area contributed by atoms with Crippen LogP contribution in [0.4, 0.5) is 5.82 Å². The predicted octanol–water partition coefficient (Wildman–Crippen LogP) is 1.52. The number of hydrogen-bond donors (Lipinski definition) is 2. The quantitative estimate of drug-likeness (QED) is 0.839. The number of hydrogen-bond acceptors (Lipinski definition) is 6. The summed E-state index contributed by atoms with van der Waals surface area (Å²) in [5.41, 5.74) is 0.405. The first-order valence-corrected chi connectivity index (χ1v) is 6.51. The predicted molar refractivity (Wildman–Crippen MR) is 73.7 cm³/mol. The van der Waals surface area contributed by atoms with Gasteiger partial charge in [0.15, 0.2) is 6.33 Å². The number of amides is 1. The smallest absolute Gasteiger partial charge is 0.252 e. The molecule has 0 atom stereocenters. The van der Waals surface area contributed by atoms with E-state index in [9.17, 15) is 4.79 Å². The lowest BCUT2D eigenvalue weighted by atomic mass is 10.2. The highest BCUT2D eigenvalue weighted by Crippen LogP contribution is 2.19. The highest BCUT2D eigenvalue weighted by Gasteiger charge is 2.09. The Balaban J connectivity index is 1.90. The van der Waals surface area contributed by atoms with E-state index in [4.69, 9.17) is 16.1 Å². The molecule has 0 spiro atoms. The van der Waals surface area contributed by atoms with Gasteiger partial charge in [0.25, 0.3) is 5.91 Å². The van der Waals surface area contributed by atoms with Gasteiger partial charge in [-0.2, -0.15) is 4.98 Å². The highest BCUT2D eigenvalue weighted by atomic mass is 35.5. The van der Waals surface area contributed by atoms with Gasteiger partial charge in [-0.05, 0) is 13.0 Å². The minimum Gasteiger partial charge on any atom is -0.369 e. The second-order valence-corrected chi connectivity index (χ2v) is 4.33. The van der Waals surface area contributed by atoms with Crippen LogP contribution >= 0.6 is 11.6 Å². The first-order valence-electron chi connectivity index (χ1n) is 6.14. The number of halogens is 1. The van der Waals surface area contributed by atoms with Gasteiger partial charge in [0.05, 0.1) is 10.6 Å². The van der Waals surface area contributed by atoms with Crippen LogP contribution in [0, 0.1) is 0 Å². The molecule has 7 nitrogen and oxygen atoms in total. The van der Waals surface area contributed by atoms with Crippen molar-refractivity contribution in [2.45, 2.75) is 13.3 Å². The molecular weight excluding hydrogens is 282 g/mol. The van der Waals surface area contributed by atoms with Crippen molar-refractivity contribution in [3.8, 4) is 0 Å². The van der Waals surface area contributed by atoms with Crippen LogP contribution in [0.15, 0.2) is 23.1 Å². The zero-order valence-electron chi connectivity index (χ0n) is 10.9. The van der Waals surface area contributed by atoms with E-state index in [-0.39, 0.29) is 5.91 Å². The Labute approximate surface area is 120 Å². The Morgan fingerprint density at radius 3 is 2.95 bits per heavy atom. The topological polar surface area (TPSA) is 92.9 Å². The first-order chi connectivity index (χ1) is 9.70. The molecule has 2 rings (SSSR count). The van der Waals surface area contributed by atoms with Gasteiger partial charge < -0.3 is 15.2 Å². The minimum absolute atomic E-state index is 0.248. The normalized spacial score (nSPS) is 10.3. The molecule has 20 heavy (non-hydrogen) atoms. The zero-order chi connectivity index (χ0) is 14.4. The fraction of sp³-hybridized carbons (Fsp3) is 0.333. The van der Waals surface area contributed by atoms with Crippen LogP contribution in [0.3, 0.4) is 0 Å². The SMILES string of the molecule is CCNc1ncc(C(=O)NCCc2ncno2)cc1Cl. The number of nitrogens with zero attached hydrogens (tertiary/aromatic N) is 3. The van der Waals surface area contributed by atoms with Crippen molar-refractivity contribution in [3.05, 3.63) is 35.1 Å². The standard InChI is InChI=1S/C12H14ClN5O2/c1-2-14-11-9(13)5-8(6-16-11)12(19)15-4-3-10-17-7-18-20-10/h5-7H,2-4H2,1H3,(H,14,16)(H,15,19). The van der Waals surface area contributed by atoms with Crippen molar-refractivity contribution in [2.24, 2.45) is 0 Å². The summed E-state index contributed by atoms with van der Waals surface area (Å²) in [5, 5.41) is 9.63. The highest BCUT2D eigenvalue weighted by molar-refractivity contribution is 6.33. The molecule has 0 aliphatic rings. The second-order valence-electron chi connectivity index (χ2n) is 3.93. The lowest BCUT2D eigenvalue weighted by Gasteiger charge is -2.07. The molecule has 0 aromatic carbocycles. The van der Waals surface area contributed by atoms with Crippen LogP contribution in [0.2, 0.25) is 5.02 Å². The lowest BCUT2D eigenvalue weighted by Crippen LogP contribution is -2.26. The lowest BCUT2D eigenvalue weighted by molar-refractivity contribution is 0.0953.